The minimum atomic E-state index is -0.330. The monoisotopic (exact) mass is 490 g/mol. The summed E-state index contributed by atoms with van der Waals surface area (Å²) in [5, 5.41) is 1.04. The molecule has 0 spiro atoms. The summed E-state index contributed by atoms with van der Waals surface area (Å²) in [4.78, 5) is 19.9. The molecule has 0 unspecified atom stereocenters. The average molecular weight is 491 g/mol. The number of benzene rings is 2. The fraction of sp³-hybridized carbons (Fsp3) is 0.360. The number of carbonyl (C=O) groups is 1. The first-order chi connectivity index (χ1) is 15.7. The Balaban J connectivity index is 1.91. The maximum absolute atomic E-state index is 13.5. The van der Waals surface area contributed by atoms with Crippen LogP contribution < -0.4 is 9.47 Å². The largest absolute Gasteiger partial charge is 0.490 e. The molecule has 1 fully saturated rings. The number of thioether (sulfide) groups is 1. The Morgan fingerprint density at radius 2 is 1.94 bits per heavy atom. The molecule has 0 aliphatic carbocycles. The van der Waals surface area contributed by atoms with Gasteiger partial charge in [-0.15, -0.1) is 0 Å². The number of halogens is 2. The number of ether oxygens (including phenoxy) is 2. The van der Waals surface area contributed by atoms with Gasteiger partial charge in [-0.05, 0) is 87.8 Å². The number of amidine groups is 1. The molecular formula is C25H28ClFN2O3S. The second-order valence-electron chi connectivity index (χ2n) is 8.07. The summed E-state index contributed by atoms with van der Waals surface area (Å²) in [6.07, 6.45) is 1.79. The SMILES string of the molecule is CCOc1cc(/C=C2/SC(=NC(C)C)N(C(C)C)C2=O)cc(Cl)c1OCc1cccc(F)c1. The Labute approximate surface area is 203 Å². The number of aliphatic imine (C=N–C) groups is 1. The first-order valence-corrected chi connectivity index (χ1v) is 12.0. The van der Waals surface area contributed by atoms with E-state index in [1.54, 1.807) is 35.2 Å². The number of hydrogen-bond acceptors (Lipinski definition) is 5. The van der Waals surface area contributed by atoms with Crippen molar-refractivity contribution in [2.45, 2.75) is 53.3 Å². The molecule has 1 saturated heterocycles. The highest BCUT2D eigenvalue weighted by atomic mass is 35.5. The Morgan fingerprint density at radius 1 is 1.18 bits per heavy atom. The van der Waals surface area contributed by atoms with Gasteiger partial charge in [0.1, 0.15) is 12.4 Å². The highest BCUT2D eigenvalue weighted by Crippen LogP contribution is 2.40. The maximum atomic E-state index is 13.5. The van der Waals surface area contributed by atoms with Crippen molar-refractivity contribution in [1.29, 1.82) is 0 Å². The van der Waals surface area contributed by atoms with Gasteiger partial charge < -0.3 is 9.47 Å². The second-order valence-corrected chi connectivity index (χ2v) is 9.48. The Bertz CT molecular complexity index is 1090. The minimum Gasteiger partial charge on any atom is -0.490 e. The van der Waals surface area contributed by atoms with Gasteiger partial charge in [0, 0.05) is 12.1 Å². The number of rotatable bonds is 8. The molecule has 176 valence electrons. The molecule has 1 heterocycles. The molecule has 2 aromatic carbocycles. The summed E-state index contributed by atoms with van der Waals surface area (Å²) in [6.45, 7) is 10.3. The molecule has 33 heavy (non-hydrogen) atoms. The van der Waals surface area contributed by atoms with Gasteiger partial charge >= 0.3 is 0 Å². The summed E-state index contributed by atoms with van der Waals surface area (Å²) >= 11 is 7.89. The van der Waals surface area contributed by atoms with E-state index in [-0.39, 0.29) is 30.4 Å². The lowest BCUT2D eigenvalue weighted by Gasteiger charge is -2.20. The first kappa shape index (κ1) is 25.1. The van der Waals surface area contributed by atoms with Crippen molar-refractivity contribution in [1.82, 2.24) is 4.90 Å². The zero-order valence-corrected chi connectivity index (χ0v) is 21.0. The predicted octanol–water partition coefficient (Wildman–Crippen LogP) is 6.55. The number of nitrogens with zero attached hydrogens (tertiary/aromatic N) is 2. The second kappa shape index (κ2) is 11.1. The zero-order chi connectivity index (χ0) is 24.1. The van der Waals surface area contributed by atoms with E-state index in [4.69, 9.17) is 21.1 Å². The molecule has 2 aromatic rings. The Morgan fingerprint density at radius 3 is 2.58 bits per heavy atom. The van der Waals surface area contributed by atoms with Crippen LogP contribution in [0.25, 0.3) is 6.08 Å². The zero-order valence-electron chi connectivity index (χ0n) is 19.4. The third-order valence-corrected chi connectivity index (χ3v) is 5.90. The average Bonchev–Trinajstić information content (AvgIpc) is 3.01. The lowest BCUT2D eigenvalue weighted by atomic mass is 10.1. The van der Waals surface area contributed by atoms with Crippen molar-refractivity contribution in [2.75, 3.05) is 6.61 Å². The third-order valence-electron chi connectivity index (χ3n) is 4.62. The molecule has 0 saturated carbocycles. The van der Waals surface area contributed by atoms with Crippen LogP contribution in [0.3, 0.4) is 0 Å². The van der Waals surface area contributed by atoms with Gasteiger partial charge in [-0.3, -0.25) is 14.7 Å². The fourth-order valence-electron chi connectivity index (χ4n) is 3.26. The molecular weight excluding hydrogens is 463 g/mol. The highest BCUT2D eigenvalue weighted by Gasteiger charge is 2.35. The normalized spacial score (nSPS) is 16.5. The topological polar surface area (TPSA) is 51.1 Å². The van der Waals surface area contributed by atoms with Gasteiger partial charge in [-0.1, -0.05) is 23.7 Å². The molecule has 5 nitrogen and oxygen atoms in total. The summed E-state index contributed by atoms with van der Waals surface area (Å²) in [5.41, 5.74) is 1.39. The minimum absolute atomic E-state index is 0.00503. The molecule has 0 bridgehead atoms. The summed E-state index contributed by atoms with van der Waals surface area (Å²) in [7, 11) is 0. The maximum Gasteiger partial charge on any atom is 0.266 e. The Hall–Kier alpha value is -2.51. The molecule has 0 atom stereocenters. The van der Waals surface area contributed by atoms with Gasteiger partial charge in [0.2, 0.25) is 0 Å². The first-order valence-electron chi connectivity index (χ1n) is 10.8. The number of hydrogen-bond donors (Lipinski definition) is 0. The lowest BCUT2D eigenvalue weighted by molar-refractivity contribution is -0.123. The highest BCUT2D eigenvalue weighted by molar-refractivity contribution is 8.18. The van der Waals surface area contributed by atoms with E-state index in [1.165, 1.54) is 23.9 Å². The van der Waals surface area contributed by atoms with E-state index in [2.05, 4.69) is 4.99 Å². The van der Waals surface area contributed by atoms with E-state index in [0.29, 0.717) is 44.3 Å². The van der Waals surface area contributed by atoms with E-state index in [1.807, 2.05) is 34.6 Å². The smallest absolute Gasteiger partial charge is 0.266 e. The molecule has 1 aliphatic rings. The van der Waals surface area contributed by atoms with Crippen LogP contribution in [0.2, 0.25) is 5.02 Å². The third kappa shape index (κ3) is 6.30. The molecule has 8 heteroatoms. The standard InChI is InChI=1S/C25H28ClFN2O3S/c1-6-31-21-12-18(11-20(26)23(21)32-14-17-8-7-9-19(27)10-17)13-22-24(30)29(16(4)5)25(33-22)28-15(2)3/h7-13,15-16H,6,14H2,1-5H3/b22-13+,28-25?. The van der Waals surface area contributed by atoms with Gasteiger partial charge in [-0.25, -0.2) is 4.39 Å². The van der Waals surface area contributed by atoms with Crippen LogP contribution >= 0.6 is 23.4 Å². The van der Waals surface area contributed by atoms with Crippen LogP contribution in [-0.2, 0) is 11.4 Å². The van der Waals surface area contributed by atoms with Gasteiger partial charge in [-0.2, -0.15) is 0 Å². The molecule has 1 aliphatic heterocycles. The molecule has 0 radical (unpaired) electrons. The van der Waals surface area contributed by atoms with Crippen molar-refractivity contribution in [2.24, 2.45) is 4.99 Å². The molecule has 3 rings (SSSR count). The lowest BCUT2D eigenvalue weighted by Crippen LogP contribution is -2.35. The van der Waals surface area contributed by atoms with E-state index < -0.39 is 0 Å². The van der Waals surface area contributed by atoms with Gasteiger partial charge in [0.25, 0.3) is 5.91 Å². The quantitative estimate of drug-likeness (QED) is 0.394. The van der Waals surface area contributed by atoms with Crippen molar-refractivity contribution in [3.8, 4) is 11.5 Å². The van der Waals surface area contributed by atoms with Gasteiger partial charge in [0.05, 0.1) is 16.5 Å². The molecule has 1 amide bonds. The molecule has 0 aromatic heterocycles. The van der Waals surface area contributed by atoms with Crippen molar-refractivity contribution in [3.05, 3.63) is 63.3 Å². The van der Waals surface area contributed by atoms with Crippen LogP contribution in [-0.4, -0.2) is 34.7 Å². The summed E-state index contributed by atoms with van der Waals surface area (Å²) in [6, 6.07) is 9.77. The van der Waals surface area contributed by atoms with Crippen LogP contribution in [0.15, 0.2) is 46.3 Å². The van der Waals surface area contributed by atoms with E-state index in [9.17, 15) is 9.18 Å². The van der Waals surface area contributed by atoms with E-state index >= 15 is 0 Å². The number of carbonyl (C=O) groups excluding carboxylic acids is 1. The van der Waals surface area contributed by atoms with Crippen LogP contribution in [0.1, 0.15) is 45.7 Å². The van der Waals surface area contributed by atoms with Crippen LogP contribution in [0.5, 0.6) is 11.5 Å². The van der Waals surface area contributed by atoms with Crippen molar-refractivity contribution < 1.29 is 18.7 Å². The van der Waals surface area contributed by atoms with Crippen molar-refractivity contribution >= 4 is 40.5 Å². The molecule has 0 N–H and O–H groups in total. The van der Waals surface area contributed by atoms with E-state index in [0.717, 1.165) is 0 Å². The van der Waals surface area contributed by atoms with Crippen LogP contribution in [0, 0.1) is 5.82 Å². The fourth-order valence-corrected chi connectivity index (χ4v) is 4.77. The summed E-state index contributed by atoms with van der Waals surface area (Å²) in [5.74, 6) is 0.417. The van der Waals surface area contributed by atoms with Gasteiger partial charge in [0.15, 0.2) is 16.7 Å². The van der Waals surface area contributed by atoms with Crippen molar-refractivity contribution in [3.63, 3.8) is 0 Å². The number of amides is 1. The Kier molecular flexibility index (Phi) is 8.43. The summed E-state index contributed by atoms with van der Waals surface area (Å²) < 4.78 is 25.1. The van der Waals surface area contributed by atoms with Crippen LogP contribution in [0.4, 0.5) is 4.39 Å². The predicted molar refractivity (Wildman–Crippen MR) is 133 cm³/mol.